The van der Waals surface area contributed by atoms with Gasteiger partial charge in [0, 0.05) is 19.0 Å². The summed E-state index contributed by atoms with van der Waals surface area (Å²) >= 11 is 0. The molecule has 2 nitrogen and oxygen atoms in total. The molecule has 0 aromatic carbocycles. The molecular weight excluding hydrogens is 222 g/mol. The lowest BCUT2D eigenvalue weighted by Crippen LogP contribution is -2.53. The van der Waals surface area contributed by atoms with Crippen LogP contribution < -0.4 is 0 Å². The van der Waals surface area contributed by atoms with Gasteiger partial charge >= 0.3 is 0 Å². The summed E-state index contributed by atoms with van der Waals surface area (Å²) in [7, 11) is 0. The zero-order valence-electron chi connectivity index (χ0n) is 10.8. The van der Waals surface area contributed by atoms with Crippen molar-refractivity contribution in [2.45, 2.75) is 31.7 Å². The lowest BCUT2D eigenvalue weighted by atomic mass is 9.65. The normalized spacial score (nSPS) is 38.2. The first-order valence-electron chi connectivity index (χ1n) is 7.06. The van der Waals surface area contributed by atoms with Crippen LogP contribution in [0.2, 0.25) is 0 Å². The molecule has 0 radical (unpaired) electrons. The minimum absolute atomic E-state index is 0.324. The molecule has 0 spiro atoms. The van der Waals surface area contributed by atoms with Gasteiger partial charge in [-0.1, -0.05) is 30.4 Å². The number of amides is 1. The molecule has 1 heterocycles. The van der Waals surface area contributed by atoms with E-state index in [0.717, 1.165) is 25.8 Å². The fourth-order valence-electron chi connectivity index (χ4n) is 4.02. The summed E-state index contributed by atoms with van der Waals surface area (Å²) in [6.45, 7) is 4.51. The molecule has 0 aromatic rings. The van der Waals surface area contributed by atoms with Crippen LogP contribution in [0.4, 0.5) is 0 Å². The molecule has 3 rings (SSSR count). The Morgan fingerprint density at radius 3 is 2.94 bits per heavy atom. The van der Waals surface area contributed by atoms with E-state index >= 15 is 0 Å². The Balaban J connectivity index is 1.83. The minimum atomic E-state index is 0.324. The predicted molar refractivity (Wildman–Crippen MR) is 72.9 cm³/mol. The van der Waals surface area contributed by atoms with Crippen molar-refractivity contribution in [1.29, 1.82) is 0 Å². The molecule has 1 amide bonds. The number of allylic oxidation sites excluding steroid dienone is 4. The van der Waals surface area contributed by atoms with Crippen LogP contribution in [-0.4, -0.2) is 23.4 Å². The summed E-state index contributed by atoms with van der Waals surface area (Å²) in [6.07, 6.45) is 15.1. The summed E-state index contributed by atoms with van der Waals surface area (Å²) in [4.78, 5) is 14.1. The maximum Gasteiger partial charge on any atom is 0.223 e. The number of carbonyl (C=O) groups excluding carboxylic acids is 1. The Hall–Kier alpha value is -1.31. The third-order valence-electron chi connectivity index (χ3n) is 4.82. The van der Waals surface area contributed by atoms with E-state index in [4.69, 9.17) is 0 Å². The molecule has 96 valence electrons. The summed E-state index contributed by atoms with van der Waals surface area (Å²) in [5, 5.41) is 0. The Morgan fingerprint density at radius 1 is 1.28 bits per heavy atom. The van der Waals surface area contributed by atoms with Crippen molar-refractivity contribution in [2.24, 2.45) is 17.8 Å². The van der Waals surface area contributed by atoms with E-state index in [-0.39, 0.29) is 0 Å². The van der Waals surface area contributed by atoms with Gasteiger partial charge in [0.25, 0.3) is 0 Å². The Morgan fingerprint density at radius 2 is 2.11 bits per heavy atom. The second-order valence-electron chi connectivity index (χ2n) is 5.69. The van der Waals surface area contributed by atoms with Gasteiger partial charge in [-0.2, -0.15) is 0 Å². The fourth-order valence-corrected chi connectivity index (χ4v) is 4.02. The largest absolute Gasteiger partial charge is 0.336 e. The van der Waals surface area contributed by atoms with Crippen LogP contribution in [0.1, 0.15) is 25.7 Å². The van der Waals surface area contributed by atoms with E-state index in [1.807, 2.05) is 6.08 Å². The zero-order valence-corrected chi connectivity index (χ0v) is 10.8. The molecule has 0 bridgehead atoms. The van der Waals surface area contributed by atoms with E-state index in [0.29, 0.717) is 29.7 Å². The van der Waals surface area contributed by atoms with Gasteiger partial charge < -0.3 is 4.90 Å². The average Bonchev–Trinajstić information content (AvgIpc) is 2.41. The number of likely N-dealkylation sites (tertiary alicyclic amines) is 1. The first-order chi connectivity index (χ1) is 8.81. The summed E-state index contributed by atoms with van der Waals surface area (Å²) in [5.74, 6) is 2.33. The van der Waals surface area contributed by atoms with E-state index < -0.39 is 0 Å². The highest BCUT2D eigenvalue weighted by atomic mass is 16.2. The van der Waals surface area contributed by atoms with E-state index in [9.17, 15) is 4.79 Å². The standard InChI is InChI=1S/C16H21NO/c1-2-11-17-15-9-7-12-5-3-4-6-13(12)14(15)8-10-16(17)18/h2-6,12-15H,1,7-11H2. The molecule has 4 unspecified atom stereocenters. The Bertz CT molecular complexity index is 407. The number of nitrogens with zero attached hydrogens (tertiary/aromatic N) is 1. The Kier molecular flexibility index (Phi) is 3.11. The van der Waals surface area contributed by atoms with Gasteiger partial charge in [0.15, 0.2) is 0 Å². The summed E-state index contributed by atoms with van der Waals surface area (Å²) < 4.78 is 0. The highest BCUT2D eigenvalue weighted by molar-refractivity contribution is 5.77. The van der Waals surface area contributed by atoms with Gasteiger partial charge in [-0.15, -0.1) is 6.58 Å². The maximum absolute atomic E-state index is 12.0. The number of hydrogen-bond acceptors (Lipinski definition) is 1. The van der Waals surface area contributed by atoms with Gasteiger partial charge in [0.1, 0.15) is 0 Å². The third-order valence-corrected chi connectivity index (χ3v) is 4.82. The fraction of sp³-hybridized carbons (Fsp3) is 0.562. The van der Waals surface area contributed by atoms with Crippen molar-refractivity contribution in [3.05, 3.63) is 37.0 Å². The van der Waals surface area contributed by atoms with E-state index in [1.165, 1.54) is 6.42 Å². The molecular formula is C16H21NO. The molecule has 1 saturated carbocycles. The number of carbonyl (C=O) groups is 1. The van der Waals surface area contributed by atoms with Crippen LogP contribution in [0.5, 0.6) is 0 Å². The van der Waals surface area contributed by atoms with Crippen molar-refractivity contribution in [1.82, 2.24) is 4.90 Å². The van der Waals surface area contributed by atoms with Gasteiger partial charge in [-0.05, 0) is 37.0 Å². The number of piperidine rings is 1. The van der Waals surface area contributed by atoms with Crippen molar-refractivity contribution in [3.8, 4) is 0 Å². The van der Waals surface area contributed by atoms with Crippen molar-refractivity contribution in [3.63, 3.8) is 0 Å². The van der Waals surface area contributed by atoms with Gasteiger partial charge in [0.2, 0.25) is 5.91 Å². The number of hydrogen-bond donors (Lipinski definition) is 0. The molecule has 4 atom stereocenters. The molecule has 2 aliphatic carbocycles. The molecule has 0 N–H and O–H groups in total. The lowest BCUT2D eigenvalue weighted by molar-refractivity contribution is -0.140. The molecule has 2 heteroatoms. The molecule has 0 aromatic heterocycles. The van der Waals surface area contributed by atoms with Gasteiger partial charge in [-0.25, -0.2) is 0 Å². The monoisotopic (exact) mass is 243 g/mol. The van der Waals surface area contributed by atoms with E-state index in [1.54, 1.807) is 0 Å². The van der Waals surface area contributed by atoms with E-state index in [2.05, 4.69) is 35.8 Å². The highest BCUT2D eigenvalue weighted by Crippen LogP contribution is 2.44. The van der Waals surface area contributed by atoms with Crippen molar-refractivity contribution >= 4 is 5.91 Å². The number of fused-ring (bicyclic) bond motifs is 3. The lowest BCUT2D eigenvalue weighted by Gasteiger charge is -2.49. The zero-order chi connectivity index (χ0) is 12.5. The van der Waals surface area contributed by atoms with Crippen molar-refractivity contribution < 1.29 is 4.79 Å². The first-order valence-corrected chi connectivity index (χ1v) is 7.06. The number of rotatable bonds is 2. The topological polar surface area (TPSA) is 20.3 Å². The average molecular weight is 243 g/mol. The highest BCUT2D eigenvalue weighted by Gasteiger charge is 2.43. The second-order valence-corrected chi connectivity index (χ2v) is 5.69. The van der Waals surface area contributed by atoms with Crippen LogP contribution in [0.15, 0.2) is 37.0 Å². The smallest absolute Gasteiger partial charge is 0.223 e. The molecule has 1 saturated heterocycles. The van der Waals surface area contributed by atoms with Crippen LogP contribution in [-0.2, 0) is 4.79 Å². The van der Waals surface area contributed by atoms with Gasteiger partial charge in [-0.3, -0.25) is 4.79 Å². The van der Waals surface area contributed by atoms with Crippen LogP contribution in [0.25, 0.3) is 0 Å². The third kappa shape index (κ3) is 1.84. The second kappa shape index (κ2) is 4.75. The molecule has 2 fully saturated rings. The maximum atomic E-state index is 12.0. The minimum Gasteiger partial charge on any atom is -0.336 e. The SMILES string of the molecule is C=CCN1C(=O)CCC2C3C=CC=CC3CCC21. The van der Waals surface area contributed by atoms with Crippen LogP contribution in [0, 0.1) is 17.8 Å². The molecule has 18 heavy (non-hydrogen) atoms. The first kappa shape index (κ1) is 11.8. The van der Waals surface area contributed by atoms with Crippen LogP contribution >= 0.6 is 0 Å². The predicted octanol–water partition coefficient (Wildman–Crippen LogP) is 2.93. The summed E-state index contributed by atoms with van der Waals surface area (Å²) in [6, 6.07) is 0.446. The molecule has 3 aliphatic rings. The molecule has 1 aliphatic heterocycles. The summed E-state index contributed by atoms with van der Waals surface area (Å²) in [5.41, 5.74) is 0. The Labute approximate surface area is 109 Å². The van der Waals surface area contributed by atoms with Crippen LogP contribution in [0.3, 0.4) is 0 Å². The van der Waals surface area contributed by atoms with Crippen molar-refractivity contribution in [2.75, 3.05) is 6.54 Å². The van der Waals surface area contributed by atoms with Gasteiger partial charge in [0.05, 0.1) is 0 Å². The quantitative estimate of drug-likeness (QED) is 0.683.